The van der Waals surface area contributed by atoms with E-state index in [4.69, 9.17) is 11.1 Å². The Morgan fingerprint density at radius 1 is 1.14 bits per heavy atom. The van der Waals surface area contributed by atoms with Gasteiger partial charge in [-0.15, -0.1) is 11.3 Å². The first kappa shape index (κ1) is 21.9. The molecule has 2 aromatic rings. The summed E-state index contributed by atoms with van der Waals surface area (Å²) in [7, 11) is 0. The zero-order valence-corrected chi connectivity index (χ0v) is 16.5. The number of aryl methyl sites for hydroxylation is 1. The van der Waals surface area contributed by atoms with Crippen molar-refractivity contribution in [2.45, 2.75) is 45.2 Å². The molecule has 0 fully saturated rings. The first-order valence-corrected chi connectivity index (χ1v) is 9.97. The Kier molecular flexibility index (Phi) is 7.99. The van der Waals surface area contributed by atoms with Crippen LogP contribution in [-0.4, -0.2) is 16.9 Å². The smallest absolute Gasteiger partial charge is 0.395 e. The third kappa shape index (κ3) is 6.96. The van der Waals surface area contributed by atoms with Gasteiger partial charge >= 0.3 is 6.18 Å². The molecule has 28 heavy (non-hydrogen) atoms. The molecule has 0 aromatic carbocycles. The summed E-state index contributed by atoms with van der Waals surface area (Å²) in [6, 6.07) is 7.45. The molecule has 0 bridgehead atoms. The van der Waals surface area contributed by atoms with Crippen molar-refractivity contribution in [2.24, 2.45) is 5.73 Å². The van der Waals surface area contributed by atoms with Crippen LogP contribution in [0.4, 0.5) is 13.2 Å². The van der Waals surface area contributed by atoms with E-state index in [1.165, 1.54) is 42.8 Å². The van der Waals surface area contributed by atoms with Crippen LogP contribution in [0.1, 0.15) is 53.6 Å². The van der Waals surface area contributed by atoms with Crippen molar-refractivity contribution in [1.29, 1.82) is 5.41 Å². The summed E-state index contributed by atoms with van der Waals surface area (Å²) in [5, 5.41) is 7.70. The summed E-state index contributed by atoms with van der Waals surface area (Å²) in [4.78, 5) is 6.56. The van der Waals surface area contributed by atoms with Crippen molar-refractivity contribution in [3.05, 3.63) is 63.2 Å². The lowest BCUT2D eigenvalue weighted by molar-refractivity contribution is -0.0925. The number of pyridine rings is 1. The minimum absolute atomic E-state index is 0.134. The number of allylic oxidation sites excluding steroid dienone is 2. The van der Waals surface area contributed by atoms with Gasteiger partial charge in [-0.1, -0.05) is 38.3 Å². The van der Waals surface area contributed by atoms with Gasteiger partial charge in [0.1, 0.15) is 5.70 Å². The molecule has 3 N–H and O–H groups in total. The van der Waals surface area contributed by atoms with Gasteiger partial charge in [0.2, 0.25) is 0 Å². The highest BCUT2D eigenvalue weighted by Crippen LogP contribution is 2.22. The number of unbranched alkanes of at least 4 members (excludes halogenated alkanes) is 3. The minimum Gasteiger partial charge on any atom is -0.395 e. The molecule has 3 nitrogen and oxygen atoms in total. The quantitative estimate of drug-likeness (QED) is 0.383. The fraction of sp³-hybridized carbons (Fsp3) is 0.333. The predicted molar refractivity (Wildman–Crippen MR) is 110 cm³/mol. The Morgan fingerprint density at radius 2 is 1.93 bits per heavy atom. The second-order valence-corrected chi connectivity index (χ2v) is 7.64. The molecule has 0 aliphatic heterocycles. The Balaban J connectivity index is 1.95. The van der Waals surface area contributed by atoms with Gasteiger partial charge in [0.15, 0.2) is 0 Å². The lowest BCUT2D eigenvalue weighted by Crippen LogP contribution is -2.20. The van der Waals surface area contributed by atoms with E-state index in [2.05, 4.69) is 24.0 Å². The molecule has 0 aliphatic carbocycles. The van der Waals surface area contributed by atoms with Gasteiger partial charge < -0.3 is 5.73 Å². The third-order valence-corrected chi connectivity index (χ3v) is 5.20. The van der Waals surface area contributed by atoms with Gasteiger partial charge in [0.25, 0.3) is 0 Å². The number of hydrogen-bond donors (Lipinski definition) is 2. The van der Waals surface area contributed by atoms with E-state index in [0.29, 0.717) is 6.08 Å². The highest BCUT2D eigenvalue weighted by molar-refractivity contribution is 7.12. The summed E-state index contributed by atoms with van der Waals surface area (Å²) in [5.41, 5.74) is 4.19. The summed E-state index contributed by atoms with van der Waals surface area (Å²) < 4.78 is 37.3. The predicted octanol–water partition coefficient (Wildman–Crippen LogP) is 6.21. The lowest BCUT2D eigenvalue weighted by atomic mass is 10.1. The molecular formula is C21H24F3N3S. The van der Waals surface area contributed by atoms with E-state index in [9.17, 15) is 13.2 Å². The summed E-state index contributed by atoms with van der Waals surface area (Å²) in [5.74, 6) is 0. The van der Waals surface area contributed by atoms with Crippen molar-refractivity contribution in [3.63, 3.8) is 0 Å². The van der Waals surface area contributed by atoms with Crippen LogP contribution < -0.4 is 5.73 Å². The Bertz CT molecular complexity index is 833. The molecule has 0 radical (unpaired) electrons. The molecule has 0 aliphatic rings. The monoisotopic (exact) mass is 407 g/mol. The molecule has 0 atom stereocenters. The van der Waals surface area contributed by atoms with Crippen molar-refractivity contribution in [3.8, 4) is 0 Å². The van der Waals surface area contributed by atoms with Crippen LogP contribution in [0, 0.1) is 5.41 Å². The van der Waals surface area contributed by atoms with E-state index < -0.39 is 11.9 Å². The van der Waals surface area contributed by atoms with Crippen LogP contribution >= 0.6 is 11.3 Å². The molecule has 0 spiro atoms. The number of nitrogens with one attached hydrogen (secondary N) is 1. The SMILES string of the molecule is CCCCCCc1ccc(/C=C/c2ccc(C(=N)C=C(N)C(F)(F)F)nc2)s1. The number of rotatable bonds is 9. The highest BCUT2D eigenvalue weighted by atomic mass is 32.1. The minimum atomic E-state index is -4.65. The van der Waals surface area contributed by atoms with E-state index in [-0.39, 0.29) is 11.4 Å². The zero-order valence-electron chi connectivity index (χ0n) is 15.7. The molecule has 0 unspecified atom stereocenters. The number of nitrogens with two attached hydrogens (primary N) is 1. The summed E-state index contributed by atoms with van der Waals surface area (Å²) in [6.45, 7) is 2.20. The molecule has 2 aromatic heterocycles. The van der Waals surface area contributed by atoms with Gasteiger partial charge in [-0.2, -0.15) is 13.2 Å². The van der Waals surface area contributed by atoms with E-state index in [1.54, 1.807) is 17.4 Å². The van der Waals surface area contributed by atoms with Gasteiger partial charge in [-0.05, 0) is 48.8 Å². The summed E-state index contributed by atoms with van der Waals surface area (Å²) in [6.07, 6.45) is 7.42. The number of hydrogen-bond acceptors (Lipinski definition) is 4. The topological polar surface area (TPSA) is 62.8 Å². The first-order chi connectivity index (χ1) is 13.3. The highest BCUT2D eigenvalue weighted by Gasteiger charge is 2.31. The van der Waals surface area contributed by atoms with Crippen LogP contribution in [0.25, 0.3) is 12.2 Å². The van der Waals surface area contributed by atoms with E-state index in [0.717, 1.165) is 16.9 Å². The van der Waals surface area contributed by atoms with E-state index >= 15 is 0 Å². The standard InChI is InChI=1S/C21H24F3N3S/c1-2-3-4-5-6-16-10-11-17(28-16)9-7-15-8-12-19(27-14-15)18(25)13-20(26)21(22,23)24/h7-14,25H,2-6,26H2,1H3/b9-7+,20-13?,25-18?. The maximum Gasteiger partial charge on any atom is 0.430 e. The van der Waals surface area contributed by atoms with Gasteiger partial charge in [0.05, 0.1) is 11.4 Å². The van der Waals surface area contributed by atoms with Gasteiger partial charge in [-0.3, -0.25) is 10.4 Å². The van der Waals surface area contributed by atoms with Crippen molar-refractivity contribution in [2.75, 3.05) is 0 Å². The molecule has 0 saturated carbocycles. The average molecular weight is 408 g/mol. The fourth-order valence-corrected chi connectivity index (χ4v) is 3.45. The molecule has 2 rings (SSSR count). The van der Waals surface area contributed by atoms with Crippen LogP contribution in [0.15, 0.2) is 42.2 Å². The lowest BCUT2D eigenvalue weighted by Gasteiger charge is -2.06. The molecule has 2 heterocycles. The second kappa shape index (κ2) is 10.2. The maximum atomic E-state index is 12.4. The fourth-order valence-electron chi connectivity index (χ4n) is 2.50. The van der Waals surface area contributed by atoms with Crippen molar-refractivity contribution in [1.82, 2.24) is 4.98 Å². The number of alkyl halides is 3. The van der Waals surface area contributed by atoms with Crippen molar-refractivity contribution >= 4 is 29.2 Å². The van der Waals surface area contributed by atoms with Crippen LogP contribution in [0.3, 0.4) is 0 Å². The second-order valence-electron chi connectivity index (χ2n) is 6.44. The summed E-state index contributed by atoms with van der Waals surface area (Å²) >= 11 is 1.76. The van der Waals surface area contributed by atoms with Crippen LogP contribution in [-0.2, 0) is 6.42 Å². The molecule has 150 valence electrons. The first-order valence-electron chi connectivity index (χ1n) is 9.15. The zero-order chi connectivity index (χ0) is 20.6. The maximum absolute atomic E-state index is 12.4. The molecular weight excluding hydrogens is 383 g/mol. The van der Waals surface area contributed by atoms with E-state index in [1.807, 2.05) is 12.2 Å². The number of nitrogens with zero attached hydrogens (tertiary/aromatic N) is 1. The van der Waals surface area contributed by atoms with Gasteiger partial charge in [-0.25, -0.2) is 0 Å². The van der Waals surface area contributed by atoms with Crippen LogP contribution in [0.5, 0.6) is 0 Å². The Labute approximate surface area is 167 Å². The largest absolute Gasteiger partial charge is 0.430 e. The third-order valence-electron chi connectivity index (χ3n) is 4.09. The molecule has 0 amide bonds. The normalized spacial score (nSPS) is 12.6. The van der Waals surface area contributed by atoms with Crippen molar-refractivity contribution < 1.29 is 13.2 Å². The van der Waals surface area contributed by atoms with Crippen LogP contribution in [0.2, 0.25) is 0 Å². The van der Waals surface area contributed by atoms with Gasteiger partial charge in [0, 0.05) is 16.0 Å². The number of aromatic nitrogens is 1. The molecule has 0 saturated heterocycles. The number of halogens is 3. The Hall–Kier alpha value is -2.41. The average Bonchev–Trinajstić information content (AvgIpc) is 3.11. The molecule has 7 heteroatoms. The Morgan fingerprint density at radius 3 is 2.57 bits per heavy atom. The number of thiophene rings is 1.